The highest BCUT2D eigenvalue weighted by Crippen LogP contribution is 2.07. The van der Waals surface area contributed by atoms with E-state index in [1.54, 1.807) is 19.3 Å². The number of hydrogen-bond donors (Lipinski definition) is 2. The van der Waals surface area contributed by atoms with Crippen molar-refractivity contribution in [2.75, 3.05) is 5.32 Å². The molecule has 2 aromatic rings. The van der Waals surface area contributed by atoms with E-state index in [0.717, 1.165) is 5.76 Å². The van der Waals surface area contributed by atoms with E-state index in [4.69, 9.17) is 8.94 Å². The molecule has 0 saturated carbocycles. The van der Waals surface area contributed by atoms with Crippen LogP contribution in [0, 0.1) is 6.92 Å². The Kier molecular flexibility index (Phi) is 3.66. The Labute approximate surface area is 104 Å². The van der Waals surface area contributed by atoms with Gasteiger partial charge in [0, 0.05) is 18.5 Å². The Morgan fingerprint density at radius 1 is 1.56 bits per heavy atom. The van der Waals surface area contributed by atoms with E-state index < -0.39 is 0 Å². The molecule has 1 unspecified atom stereocenters. The molecule has 0 bridgehead atoms. The summed E-state index contributed by atoms with van der Waals surface area (Å²) in [5, 5.41) is 9.05. The lowest BCUT2D eigenvalue weighted by Gasteiger charge is -2.12. The van der Waals surface area contributed by atoms with Gasteiger partial charge in [-0.25, -0.2) is 4.79 Å². The molecule has 96 valence electrons. The number of rotatable bonds is 4. The van der Waals surface area contributed by atoms with Crippen LogP contribution in [0.1, 0.15) is 18.4 Å². The predicted octanol–water partition coefficient (Wildman–Crippen LogP) is 2.33. The quantitative estimate of drug-likeness (QED) is 0.871. The minimum Gasteiger partial charge on any atom is -0.469 e. The zero-order valence-corrected chi connectivity index (χ0v) is 10.3. The smallest absolute Gasteiger partial charge is 0.320 e. The molecule has 0 fully saturated rings. The van der Waals surface area contributed by atoms with E-state index in [1.165, 1.54) is 0 Å². The number of carbonyl (C=O) groups is 1. The van der Waals surface area contributed by atoms with Crippen LogP contribution in [0.25, 0.3) is 0 Å². The van der Waals surface area contributed by atoms with E-state index in [2.05, 4.69) is 15.8 Å². The van der Waals surface area contributed by atoms with Gasteiger partial charge in [-0.3, -0.25) is 5.32 Å². The van der Waals surface area contributed by atoms with Gasteiger partial charge < -0.3 is 14.3 Å². The Bertz CT molecular complexity index is 504. The maximum Gasteiger partial charge on any atom is 0.320 e. The Hall–Kier alpha value is -2.24. The molecule has 6 nitrogen and oxygen atoms in total. The van der Waals surface area contributed by atoms with Gasteiger partial charge in [-0.1, -0.05) is 5.16 Å². The fourth-order valence-electron chi connectivity index (χ4n) is 1.58. The molecule has 2 amide bonds. The summed E-state index contributed by atoms with van der Waals surface area (Å²) in [5.41, 5.74) is 0. The van der Waals surface area contributed by atoms with Crippen molar-refractivity contribution in [1.29, 1.82) is 0 Å². The Morgan fingerprint density at radius 2 is 2.39 bits per heavy atom. The van der Waals surface area contributed by atoms with Crippen LogP contribution >= 0.6 is 0 Å². The largest absolute Gasteiger partial charge is 0.469 e. The average Bonchev–Trinajstić information content (AvgIpc) is 2.90. The second-order valence-corrected chi connectivity index (χ2v) is 4.11. The number of furan rings is 1. The highest BCUT2D eigenvalue weighted by molar-refractivity contribution is 5.88. The Balaban J connectivity index is 1.80. The second kappa shape index (κ2) is 5.39. The highest BCUT2D eigenvalue weighted by atomic mass is 16.5. The first-order valence-electron chi connectivity index (χ1n) is 5.66. The topological polar surface area (TPSA) is 80.3 Å². The molecule has 1 atom stereocenters. The van der Waals surface area contributed by atoms with Gasteiger partial charge in [-0.05, 0) is 26.0 Å². The predicted molar refractivity (Wildman–Crippen MR) is 65.3 cm³/mol. The highest BCUT2D eigenvalue weighted by Gasteiger charge is 2.11. The lowest BCUT2D eigenvalue weighted by molar-refractivity contribution is 0.248. The van der Waals surface area contributed by atoms with Gasteiger partial charge in [0.1, 0.15) is 11.5 Å². The van der Waals surface area contributed by atoms with Crippen molar-refractivity contribution in [2.45, 2.75) is 26.3 Å². The van der Waals surface area contributed by atoms with E-state index in [9.17, 15) is 4.79 Å². The van der Waals surface area contributed by atoms with E-state index in [1.807, 2.05) is 19.1 Å². The van der Waals surface area contributed by atoms with E-state index in [0.29, 0.717) is 18.0 Å². The van der Waals surface area contributed by atoms with Crippen LogP contribution in [0.2, 0.25) is 0 Å². The summed E-state index contributed by atoms with van der Waals surface area (Å²) in [6.07, 6.45) is 2.25. The van der Waals surface area contributed by atoms with Gasteiger partial charge in [0.25, 0.3) is 0 Å². The molecule has 0 aliphatic rings. The molecule has 2 aromatic heterocycles. The molecule has 0 saturated heterocycles. The molecule has 0 aliphatic heterocycles. The maximum atomic E-state index is 11.6. The van der Waals surface area contributed by atoms with Crippen molar-refractivity contribution in [3.8, 4) is 0 Å². The molecular weight excluding hydrogens is 234 g/mol. The molecule has 0 radical (unpaired) electrons. The summed E-state index contributed by atoms with van der Waals surface area (Å²) >= 11 is 0. The number of aryl methyl sites for hydroxylation is 1. The van der Waals surface area contributed by atoms with Crippen molar-refractivity contribution in [3.05, 3.63) is 36.0 Å². The summed E-state index contributed by atoms with van der Waals surface area (Å²) in [7, 11) is 0. The molecule has 0 aliphatic carbocycles. The van der Waals surface area contributed by atoms with Crippen molar-refractivity contribution >= 4 is 11.8 Å². The zero-order chi connectivity index (χ0) is 13.0. The molecule has 18 heavy (non-hydrogen) atoms. The van der Waals surface area contributed by atoms with Crippen molar-refractivity contribution in [1.82, 2.24) is 10.5 Å². The molecule has 2 heterocycles. The Morgan fingerprint density at radius 3 is 3.00 bits per heavy atom. The van der Waals surface area contributed by atoms with Crippen LogP contribution in [0.5, 0.6) is 0 Å². The standard InChI is InChI=1S/C12H15N3O3/c1-8(6-10-4-3-5-17-10)13-12(16)14-11-7-9(2)18-15-11/h3-5,7-8H,6H2,1-2H3,(H2,13,14,15,16). The summed E-state index contributed by atoms with van der Waals surface area (Å²) in [5.74, 6) is 1.88. The SMILES string of the molecule is Cc1cc(NC(=O)NC(C)Cc2ccco2)no1. The lowest BCUT2D eigenvalue weighted by atomic mass is 10.2. The second-order valence-electron chi connectivity index (χ2n) is 4.11. The molecule has 0 spiro atoms. The molecule has 2 N–H and O–H groups in total. The first-order valence-corrected chi connectivity index (χ1v) is 5.66. The maximum absolute atomic E-state index is 11.6. The number of nitrogens with zero attached hydrogens (tertiary/aromatic N) is 1. The minimum absolute atomic E-state index is 0.0378. The monoisotopic (exact) mass is 249 g/mol. The van der Waals surface area contributed by atoms with Crippen LogP contribution in [-0.4, -0.2) is 17.2 Å². The molecule has 0 aromatic carbocycles. The third-order valence-corrected chi connectivity index (χ3v) is 2.33. The van der Waals surface area contributed by atoms with Gasteiger partial charge in [0.15, 0.2) is 5.82 Å². The zero-order valence-electron chi connectivity index (χ0n) is 10.3. The van der Waals surface area contributed by atoms with Crippen LogP contribution < -0.4 is 10.6 Å². The van der Waals surface area contributed by atoms with Gasteiger partial charge in [0.2, 0.25) is 0 Å². The number of nitrogens with one attached hydrogen (secondary N) is 2. The van der Waals surface area contributed by atoms with Crippen LogP contribution in [0.4, 0.5) is 10.6 Å². The van der Waals surface area contributed by atoms with Crippen molar-refractivity contribution in [2.24, 2.45) is 0 Å². The van der Waals surface area contributed by atoms with Gasteiger partial charge in [-0.15, -0.1) is 0 Å². The van der Waals surface area contributed by atoms with Crippen LogP contribution in [-0.2, 0) is 6.42 Å². The van der Waals surface area contributed by atoms with Crippen LogP contribution in [0.3, 0.4) is 0 Å². The van der Waals surface area contributed by atoms with Gasteiger partial charge >= 0.3 is 6.03 Å². The van der Waals surface area contributed by atoms with Gasteiger partial charge in [0.05, 0.1) is 6.26 Å². The number of hydrogen-bond acceptors (Lipinski definition) is 4. The van der Waals surface area contributed by atoms with E-state index >= 15 is 0 Å². The van der Waals surface area contributed by atoms with Gasteiger partial charge in [-0.2, -0.15) is 0 Å². The number of carbonyl (C=O) groups excluding carboxylic acids is 1. The normalized spacial score (nSPS) is 12.1. The van der Waals surface area contributed by atoms with E-state index in [-0.39, 0.29) is 12.1 Å². The third-order valence-electron chi connectivity index (χ3n) is 2.33. The minimum atomic E-state index is -0.317. The average molecular weight is 249 g/mol. The number of amides is 2. The summed E-state index contributed by atoms with van der Waals surface area (Å²) in [6, 6.07) is 4.99. The van der Waals surface area contributed by atoms with Crippen molar-refractivity contribution < 1.29 is 13.7 Å². The fourth-order valence-corrected chi connectivity index (χ4v) is 1.58. The fraction of sp³-hybridized carbons (Fsp3) is 0.333. The first kappa shape index (κ1) is 12.2. The number of aromatic nitrogens is 1. The van der Waals surface area contributed by atoms with Crippen molar-refractivity contribution in [3.63, 3.8) is 0 Å². The third kappa shape index (κ3) is 3.38. The lowest BCUT2D eigenvalue weighted by Crippen LogP contribution is -2.37. The number of anilines is 1. The molecule has 6 heteroatoms. The van der Waals surface area contributed by atoms with Crippen LogP contribution in [0.15, 0.2) is 33.4 Å². The first-order chi connectivity index (χ1) is 8.63. The summed E-state index contributed by atoms with van der Waals surface area (Å²) in [4.78, 5) is 11.6. The molecule has 2 rings (SSSR count). The summed E-state index contributed by atoms with van der Waals surface area (Å²) in [6.45, 7) is 3.66. The number of urea groups is 1. The molecular formula is C12H15N3O3. The summed E-state index contributed by atoms with van der Waals surface area (Å²) < 4.78 is 10.1.